The van der Waals surface area contributed by atoms with Crippen molar-refractivity contribution in [1.29, 1.82) is 0 Å². The van der Waals surface area contributed by atoms with Crippen molar-refractivity contribution in [2.24, 2.45) is 0 Å². The quantitative estimate of drug-likeness (QED) is 0.839. The van der Waals surface area contributed by atoms with E-state index in [2.05, 4.69) is 31.2 Å². The molecule has 0 radical (unpaired) electrons. The number of hydrogen-bond donors (Lipinski definition) is 1. The Balaban J connectivity index is 2.60. The second kappa shape index (κ2) is 5.15. The van der Waals surface area contributed by atoms with Crippen molar-refractivity contribution in [3.8, 4) is 11.1 Å². The Hall–Kier alpha value is -1.60. The summed E-state index contributed by atoms with van der Waals surface area (Å²) >= 11 is 0. The molecule has 0 aromatic heterocycles. The molecule has 1 atom stereocenters. The number of aliphatic hydroxyl groups is 1. The molecule has 0 fully saturated rings. The highest BCUT2D eigenvalue weighted by Crippen LogP contribution is 2.30. The van der Waals surface area contributed by atoms with E-state index in [4.69, 9.17) is 0 Å². The van der Waals surface area contributed by atoms with Gasteiger partial charge in [0.25, 0.3) is 0 Å². The summed E-state index contributed by atoms with van der Waals surface area (Å²) < 4.78 is 0. The third-order valence-electron chi connectivity index (χ3n) is 3.10. The number of rotatable bonds is 3. The molecule has 0 aliphatic carbocycles. The first-order valence-electron chi connectivity index (χ1n) is 6.09. The molecule has 2 rings (SSSR count). The van der Waals surface area contributed by atoms with Crippen molar-refractivity contribution < 1.29 is 5.11 Å². The standard InChI is InChI=1S/C16H18O/c1-3-13-8-4-5-10-15(13)16-11-7-6-9-14(16)12(2)17/h4-12,17H,3H2,1-2H3. The van der Waals surface area contributed by atoms with Gasteiger partial charge in [-0.1, -0.05) is 55.5 Å². The molecule has 0 bridgehead atoms. The van der Waals surface area contributed by atoms with Gasteiger partial charge in [-0.05, 0) is 35.6 Å². The summed E-state index contributed by atoms with van der Waals surface area (Å²) in [5, 5.41) is 9.83. The lowest BCUT2D eigenvalue weighted by atomic mass is 9.92. The molecule has 0 spiro atoms. The molecule has 2 aromatic rings. The van der Waals surface area contributed by atoms with Crippen LogP contribution in [0.2, 0.25) is 0 Å². The van der Waals surface area contributed by atoms with Crippen LogP contribution in [0.15, 0.2) is 48.5 Å². The third-order valence-corrected chi connectivity index (χ3v) is 3.10. The van der Waals surface area contributed by atoms with Crippen molar-refractivity contribution in [3.05, 3.63) is 59.7 Å². The fraction of sp³-hybridized carbons (Fsp3) is 0.250. The van der Waals surface area contributed by atoms with Crippen molar-refractivity contribution in [2.45, 2.75) is 26.4 Å². The molecule has 88 valence electrons. The molecule has 1 unspecified atom stereocenters. The Morgan fingerprint density at radius 1 is 0.941 bits per heavy atom. The fourth-order valence-corrected chi connectivity index (χ4v) is 2.20. The molecular formula is C16H18O. The highest BCUT2D eigenvalue weighted by molar-refractivity contribution is 5.71. The summed E-state index contributed by atoms with van der Waals surface area (Å²) in [6.07, 6.45) is 0.570. The summed E-state index contributed by atoms with van der Waals surface area (Å²) in [5.41, 5.74) is 4.68. The number of aliphatic hydroxyl groups excluding tert-OH is 1. The van der Waals surface area contributed by atoms with Gasteiger partial charge in [-0.15, -0.1) is 0 Å². The summed E-state index contributed by atoms with van der Waals surface area (Å²) in [5.74, 6) is 0. The van der Waals surface area contributed by atoms with E-state index in [0.717, 1.165) is 17.5 Å². The van der Waals surface area contributed by atoms with Gasteiger partial charge in [0, 0.05) is 0 Å². The van der Waals surface area contributed by atoms with Gasteiger partial charge in [0.2, 0.25) is 0 Å². The number of hydrogen-bond acceptors (Lipinski definition) is 1. The van der Waals surface area contributed by atoms with Crippen molar-refractivity contribution >= 4 is 0 Å². The molecule has 2 aromatic carbocycles. The van der Waals surface area contributed by atoms with Crippen LogP contribution in [0, 0.1) is 0 Å². The number of benzene rings is 2. The minimum absolute atomic E-state index is 0.434. The molecule has 0 aliphatic heterocycles. The van der Waals surface area contributed by atoms with Crippen LogP contribution in [0.3, 0.4) is 0 Å². The summed E-state index contributed by atoms with van der Waals surface area (Å²) in [4.78, 5) is 0. The maximum absolute atomic E-state index is 9.83. The van der Waals surface area contributed by atoms with Gasteiger partial charge < -0.3 is 5.11 Å². The Morgan fingerprint density at radius 3 is 2.18 bits per heavy atom. The minimum Gasteiger partial charge on any atom is -0.389 e. The van der Waals surface area contributed by atoms with Gasteiger partial charge >= 0.3 is 0 Å². The maximum Gasteiger partial charge on any atom is 0.0767 e. The largest absolute Gasteiger partial charge is 0.389 e. The van der Waals surface area contributed by atoms with Gasteiger partial charge in [0.15, 0.2) is 0 Å². The molecule has 0 heterocycles. The predicted molar refractivity (Wildman–Crippen MR) is 71.9 cm³/mol. The van der Waals surface area contributed by atoms with Crippen LogP contribution >= 0.6 is 0 Å². The first kappa shape index (κ1) is 11.9. The maximum atomic E-state index is 9.83. The number of aryl methyl sites for hydroxylation is 1. The Bertz CT molecular complexity index is 500. The molecule has 0 aliphatic rings. The highest BCUT2D eigenvalue weighted by atomic mass is 16.3. The Morgan fingerprint density at radius 2 is 1.53 bits per heavy atom. The predicted octanol–water partition coefficient (Wildman–Crippen LogP) is 3.97. The molecule has 0 amide bonds. The molecule has 1 heteroatoms. The zero-order valence-electron chi connectivity index (χ0n) is 10.4. The van der Waals surface area contributed by atoms with Crippen LogP contribution in [0.5, 0.6) is 0 Å². The second-order valence-corrected chi connectivity index (χ2v) is 4.27. The molecule has 17 heavy (non-hydrogen) atoms. The van der Waals surface area contributed by atoms with E-state index < -0.39 is 6.10 Å². The zero-order valence-corrected chi connectivity index (χ0v) is 10.4. The Kier molecular flexibility index (Phi) is 3.60. The van der Waals surface area contributed by atoms with Gasteiger partial charge in [0.05, 0.1) is 6.10 Å². The second-order valence-electron chi connectivity index (χ2n) is 4.27. The van der Waals surface area contributed by atoms with Crippen LogP contribution in [-0.4, -0.2) is 5.11 Å². The van der Waals surface area contributed by atoms with Crippen molar-refractivity contribution in [3.63, 3.8) is 0 Å². The molecule has 1 nitrogen and oxygen atoms in total. The van der Waals surface area contributed by atoms with Crippen LogP contribution in [0.1, 0.15) is 31.1 Å². The van der Waals surface area contributed by atoms with Crippen molar-refractivity contribution in [1.82, 2.24) is 0 Å². The van der Waals surface area contributed by atoms with Gasteiger partial charge in [-0.2, -0.15) is 0 Å². The smallest absolute Gasteiger partial charge is 0.0767 e. The lowest BCUT2D eigenvalue weighted by Gasteiger charge is -2.14. The summed E-state index contributed by atoms with van der Waals surface area (Å²) in [7, 11) is 0. The van der Waals surface area contributed by atoms with E-state index in [1.54, 1.807) is 0 Å². The van der Waals surface area contributed by atoms with Crippen LogP contribution < -0.4 is 0 Å². The topological polar surface area (TPSA) is 20.2 Å². The Labute approximate surface area is 103 Å². The summed E-state index contributed by atoms with van der Waals surface area (Å²) in [6, 6.07) is 16.4. The lowest BCUT2D eigenvalue weighted by molar-refractivity contribution is 0.200. The molecular weight excluding hydrogens is 208 g/mol. The summed E-state index contributed by atoms with van der Waals surface area (Å²) in [6.45, 7) is 3.97. The van der Waals surface area contributed by atoms with E-state index in [9.17, 15) is 5.11 Å². The monoisotopic (exact) mass is 226 g/mol. The first-order valence-corrected chi connectivity index (χ1v) is 6.09. The minimum atomic E-state index is -0.434. The SMILES string of the molecule is CCc1ccccc1-c1ccccc1C(C)O. The fourth-order valence-electron chi connectivity index (χ4n) is 2.20. The van der Waals surface area contributed by atoms with E-state index >= 15 is 0 Å². The van der Waals surface area contributed by atoms with E-state index in [0.29, 0.717) is 0 Å². The van der Waals surface area contributed by atoms with Gasteiger partial charge in [0.1, 0.15) is 0 Å². The van der Waals surface area contributed by atoms with Gasteiger partial charge in [-0.3, -0.25) is 0 Å². The zero-order chi connectivity index (χ0) is 12.3. The van der Waals surface area contributed by atoms with E-state index in [1.807, 2.05) is 31.2 Å². The average molecular weight is 226 g/mol. The molecule has 0 saturated carbocycles. The first-order chi connectivity index (χ1) is 8.24. The van der Waals surface area contributed by atoms with Crippen LogP contribution in [0.4, 0.5) is 0 Å². The van der Waals surface area contributed by atoms with E-state index in [1.165, 1.54) is 11.1 Å². The van der Waals surface area contributed by atoms with Crippen LogP contribution in [-0.2, 0) is 6.42 Å². The third kappa shape index (κ3) is 2.40. The van der Waals surface area contributed by atoms with Crippen molar-refractivity contribution in [2.75, 3.05) is 0 Å². The normalized spacial score (nSPS) is 12.4. The lowest BCUT2D eigenvalue weighted by Crippen LogP contribution is -1.96. The molecule has 0 saturated heterocycles. The molecule has 1 N–H and O–H groups in total. The van der Waals surface area contributed by atoms with Crippen LogP contribution in [0.25, 0.3) is 11.1 Å². The van der Waals surface area contributed by atoms with E-state index in [-0.39, 0.29) is 0 Å². The van der Waals surface area contributed by atoms with Gasteiger partial charge in [-0.25, -0.2) is 0 Å². The highest BCUT2D eigenvalue weighted by Gasteiger charge is 2.10. The average Bonchev–Trinajstić information content (AvgIpc) is 2.38.